The maximum absolute atomic E-state index is 13.6. The molecule has 1 fully saturated rings. The molecule has 1 saturated heterocycles. The van der Waals surface area contributed by atoms with Crippen LogP contribution >= 0.6 is 0 Å². The van der Waals surface area contributed by atoms with Crippen LogP contribution in [0.1, 0.15) is 22.3 Å². The number of rotatable bonds is 5. The molecule has 190 valence electrons. The molecule has 2 aliphatic rings. The van der Waals surface area contributed by atoms with Gasteiger partial charge in [0, 0.05) is 57.7 Å². The van der Waals surface area contributed by atoms with Gasteiger partial charge in [0.15, 0.2) is 0 Å². The normalized spacial score (nSPS) is 17.5. The molecule has 2 aromatic carbocycles. The van der Waals surface area contributed by atoms with Gasteiger partial charge in [0.25, 0.3) is 0 Å². The Labute approximate surface area is 209 Å². The van der Waals surface area contributed by atoms with E-state index in [0.29, 0.717) is 26.2 Å². The topological polar surface area (TPSA) is 47.5 Å². The van der Waals surface area contributed by atoms with Gasteiger partial charge in [-0.1, -0.05) is 36.4 Å². The third kappa shape index (κ3) is 5.79. The third-order valence-electron chi connectivity index (χ3n) is 7.01. The van der Waals surface area contributed by atoms with Crippen molar-refractivity contribution in [3.63, 3.8) is 0 Å². The molecule has 0 atom stereocenters. The van der Waals surface area contributed by atoms with Gasteiger partial charge in [0.05, 0.1) is 0 Å². The molecule has 36 heavy (non-hydrogen) atoms. The first-order valence-corrected chi connectivity index (χ1v) is 12.4. The van der Waals surface area contributed by atoms with Crippen LogP contribution in [0.15, 0.2) is 54.7 Å². The van der Waals surface area contributed by atoms with E-state index >= 15 is 0 Å². The van der Waals surface area contributed by atoms with Crippen LogP contribution in [-0.4, -0.2) is 66.1 Å². The van der Waals surface area contributed by atoms with Crippen molar-refractivity contribution in [2.45, 2.75) is 25.6 Å². The third-order valence-corrected chi connectivity index (χ3v) is 7.01. The Hall–Kier alpha value is -3.17. The standard InChI is InChI=1S/C27H31F3N6/c1-34-14-16-36(17-15-34)25-24(27(28,29)30)18-31-26(33-25)32-23-8-6-20(7-9-23)19-35-12-10-21-4-2-3-5-22(21)11-13-35/h2-9,18H,10-17,19H2,1H3,(H,31,32,33). The molecule has 0 aliphatic carbocycles. The molecule has 0 radical (unpaired) electrons. The highest BCUT2D eigenvalue weighted by molar-refractivity contribution is 5.58. The Morgan fingerprint density at radius 3 is 2.11 bits per heavy atom. The Morgan fingerprint density at radius 1 is 0.861 bits per heavy atom. The summed E-state index contributed by atoms with van der Waals surface area (Å²) >= 11 is 0. The number of aromatic nitrogens is 2. The van der Waals surface area contributed by atoms with Gasteiger partial charge in [-0.3, -0.25) is 4.90 Å². The molecule has 6 nitrogen and oxygen atoms in total. The fourth-order valence-electron chi connectivity index (χ4n) is 4.85. The van der Waals surface area contributed by atoms with E-state index in [9.17, 15) is 13.2 Å². The molecule has 0 unspecified atom stereocenters. The number of hydrogen-bond donors (Lipinski definition) is 1. The van der Waals surface area contributed by atoms with Crippen molar-refractivity contribution in [2.24, 2.45) is 0 Å². The molecular formula is C27H31F3N6. The summed E-state index contributed by atoms with van der Waals surface area (Å²) in [6.45, 7) is 5.26. The minimum absolute atomic E-state index is 0.0631. The van der Waals surface area contributed by atoms with Gasteiger partial charge < -0.3 is 15.1 Å². The van der Waals surface area contributed by atoms with Crippen LogP contribution in [0, 0.1) is 0 Å². The minimum Gasteiger partial charge on any atom is -0.353 e. The van der Waals surface area contributed by atoms with Crippen molar-refractivity contribution in [3.8, 4) is 0 Å². The summed E-state index contributed by atoms with van der Waals surface area (Å²) in [7, 11) is 1.96. The lowest BCUT2D eigenvalue weighted by atomic mass is 10.0. The predicted molar refractivity (Wildman–Crippen MR) is 136 cm³/mol. The summed E-state index contributed by atoms with van der Waals surface area (Å²) in [6, 6.07) is 16.6. The maximum atomic E-state index is 13.6. The van der Waals surface area contributed by atoms with Crippen LogP contribution in [0.5, 0.6) is 0 Å². The number of alkyl halides is 3. The van der Waals surface area contributed by atoms with Gasteiger partial charge in [-0.05, 0) is 48.7 Å². The Bertz CT molecular complexity index is 1150. The van der Waals surface area contributed by atoms with Crippen molar-refractivity contribution in [1.82, 2.24) is 19.8 Å². The molecule has 0 spiro atoms. The molecular weight excluding hydrogens is 465 g/mol. The maximum Gasteiger partial charge on any atom is 0.421 e. The van der Waals surface area contributed by atoms with Crippen LogP contribution < -0.4 is 10.2 Å². The number of nitrogens with zero attached hydrogens (tertiary/aromatic N) is 5. The van der Waals surface area contributed by atoms with Gasteiger partial charge in [0.1, 0.15) is 11.4 Å². The SMILES string of the molecule is CN1CCN(c2nc(Nc3ccc(CN4CCc5ccccc5CC4)cc3)ncc2C(F)(F)F)CC1. The van der Waals surface area contributed by atoms with Gasteiger partial charge in [0.2, 0.25) is 5.95 Å². The average molecular weight is 497 g/mol. The quantitative estimate of drug-likeness (QED) is 0.558. The first-order valence-electron chi connectivity index (χ1n) is 12.4. The van der Waals surface area contributed by atoms with Crippen molar-refractivity contribution >= 4 is 17.5 Å². The summed E-state index contributed by atoms with van der Waals surface area (Å²) in [5.74, 6) is 0.0989. The zero-order valence-corrected chi connectivity index (χ0v) is 20.4. The minimum atomic E-state index is -4.51. The van der Waals surface area contributed by atoms with Crippen LogP contribution in [0.3, 0.4) is 0 Å². The molecule has 3 aromatic rings. The number of piperazine rings is 1. The van der Waals surface area contributed by atoms with E-state index in [-0.39, 0.29) is 11.8 Å². The van der Waals surface area contributed by atoms with E-state index in [4.69, 9.17) is 0 Å². The number of halogens is 3. The molecule has 2 aliphatic heterocycles. The molecule has 9 heteroatoms. The van der Waals surface area contributed by atoms with Crippen LogP contribution in [0.4, 0.5) is 30.6 Å². The fraction of sp³-hybridized carbons (Fsp3) is 0.407. The zero-order valence-electron chi connectivity index (χ0n) is 20.4. The summed E-state index contributed by atoms with van der Waals surface area (Å²) < 4.78 is 40.9. The van der Waals surface area contributed by atoms with Crippen LogP contribution in [-0.2, 0) is 25.6 Å². The summed E-state index contributed by atoms with van der Waals surface area (Å²) in [4.78, 5) is 14.5. The largest absolute Gasteiger partial charge is 0.421 e. The van der Waals surface area contributed by atoms with E-state index in [1.165, 1.54) is 16.7 Å². The monoisotopic (exact) mass is 496 g/mol. The highest BCUT2D eigenvalue weighted by Gasteiger charge is 2.37. The average Bonchev–Trinajstić information content (AvgIpc) is 3.07. The molecule has 0 saturated carbocycles. The number of anilines is 3. The van der Waals surface area contributed by atoms with Gasteiger partial charge >= 0.3 is 6.18 Å². The van der Waals surface area contributed by atoms with E-state index in [0.717, 1.165) is 44.4 Å². The molecule has 0 bridgehead atoms. The van der Waals surface area contributed by atoms with Crippen molar-refractivity contribution in [3.05, 3.63) is 77.0 Å². The molecule has 1 aromatic heterocycles. The second-order valence-electron chi connectivity index (χ2n) is 9.59. The first-order chi connectivity index (χ1) is 17.3. The second-order valence-corrected chi connectivity index (χ2v) is 9.59. The van der Waals surface area contributed by atoms with Crippen molar-refractivity contribution < 1.29 is 13.2 Å². The van der Waals surface area contributed by atoms with Gasteiger partial charge in [-0.2, -0.15) is 18.2 Å². The van der Waals surface area contributed by atoms with Crippen molar-refractivity contribution in [2.75, 3.05) is 56.5 Å². The summed E-state index contributed by atoms with van der Waals surface area (Å²) in [5, 5.41) is 3.08. The lowest BCUT2D eigenvalue weighted by molar-refractivity contribution is -0.137. The molecule has 3 heterocycles. The molecule has 0 amide bonds. The van der Waals surface area contributed by atoms with E-state index < -0.39 is 11.7 Å². The highest BCUT2D eigenvalue weighted by atomic mass is 19.4. The summed E-state index contributed by atoms with van der Waals surface area (Å²) in [5.41, 5.74) is 4.01. The fourth-order valence-corrected chi connectivity index (χ4v) is 4.85. The Balaban J connectivity index is 1.25. The van der Waals surface area contributed by atoms with E-state index in [1.54, 1.807) is 4.90 Å². The van der Waals surface area contributed by atoms with E-state index in [2.05, 4.69) is 49.4 Å². The second kappa shape index (κ2) is 10.4. The number of fused-ring (bicyclic) bond motifs is 1. The smallest absolute Gasteiger partial charge is 0.353 e. The Morgan fingerprint density at radius 2 is 1.50 bits per heavy atom. The first kappa shape index (κ1) is 24.5. The molecule has 1 N–H and O–H groups in total. The summed E-state index contributed by atoms with van der Waals surface area (Å²) in [6.07, 6.45) is -1.52. The van der Waals surface area contributed by atoms with Crippen LogP contribution in [0.25, 0.3) is 0 Å². The number of hydrogen-bond acceptors (Lipinski definition) is 6. The lowest BCUT2D eigenvalue weighted by Crippen LogP contribution is -2.45. The highest BCUT2D eigenvalue weighted by Crippen LogP contribution is 2.36. The van der Waals surface area contributed by atoms with Gasteiger partial charge in [-0.15, -0.1) is 0 Å². The van der Waals surface area contributed by atoms with Crippen LogP contribution in [0.2, 0.25) is 0 Å². The van der Waals surface area contributed by atoms with E-state index in [1.807, 2.05) is 31.3 Å². The number of nitrogens with one attached hydrogen (secondary N) is 1. The number of benzene rings is 2. The zero-order chi connectivity index (χ0) is 25.1. The molecule has 5 rings (SSSR count). The van der Waals surface area contributed by atoms with Crippen molar-refractivity contribution in [1.29, 1.82) is 0 Å². The Kier molecular flexibility index (Phi) is 7.11. The number of likely N-dealkylation sites (N-methyl/N-ethyl adjacent to an activating group) is 1. The lowest BCUT2D eigenvalue weighted by Gasteiger charge is -2.34. The van der Waals surface area contributed by atoms with Gasteiger partial charge in [-0.25, -0.2) is 4.98 Å². The predicted octanol–water partition coefficient (Wildman–Crippen LogP) is 4.59.